The summed E-state index contributed by atoms with van der Waals surface area (Å²) in [5, 5.41) is 8.82. The molecule has 0 aliphatic carbocycles. The molecule has 0 radical (unpaired) electrons. The number of halogens is 1. The van der Waals surface area contributed by atoms with Crippen molar-refractivity contribution in [2.75, 3.05) is 52.9 Å². The first kappa shape index (κ1) is 25.2. The van der Waals surface area contributed by atoms with Crippen molar-refractivity contribution in [2.24, 2.45) is 0 Å². The molecule has 0 aromatic heterocycles. The van der Waals surface area contributed by atoms with Crippen LogP contribution in [0.2, 0.25) is 0 Å². The van der Waals surface area contributed by atoms with Crippen LogP contribution in [0.4, 0.5) is 4.39 Å². The molecule has 1 N–H and O–H groups in total. The molecule has 1 aromatic carbocycles. The Hall–Kier alpha value is -2.43. The summed E-state index contributed by atoms with van der Waals surface area (Å²) in [4.78, 5) is 41.1. The first-order chi connectivity index (χ1) is 15.8. The van der Waals surface area contributed by atoms with Crippen molar-refractivity contribution in [3.8, 4) is 0 Å². The van der Waals surface area contributed by atoms with E-state index in [0.29, 0.717) is 39.1 Å². The third kappa shape index (κ3) is 6.55. The lowest BCUT2D eigenvalue weighted by atomic mass is 9.97. The number of esters is 1. The van der Waals surface area contributed by atoms with Crippen molar-refractivity contribution in [1.29, 1.82) is 0 Å². The molecule has 3 rings (SSSR count). The Morgan fingerprint density at radius 2 is 2.03 bits per heavy atom. The number of aliphatic carboxylic acids is 1. The van der Waals surface area contributed by atoms with Crippen LogP contribution in [0.3, 0.4) is 0 Å². The lowest BCUT2D eigenvalue weighted by molar-refractivity contribution is -0.147. The number of carbonyl (C=O) groups is 3. The fourth-order valence-corrected chi connectivity index (χ4v) is 4.52. The minimum Gasteiger partial charge on any atom is -0.481 e. The van der Waals surface area contributed by atoms with Crippen LogP contribution in [0, 0.1) is 5.82 Å². The van der Waals surface area contributed by atoms with Gasteiger partial charge in [-0.25, -0.2) is 9.18 Å². The van der Waals surface area contributed by atoms with Crippen LogP contribution >= 0.6 is 12.6 Å². The average molecular weight is 480 g/mol. The standard InChI is InChI=1S/C23H30FN3O5S/c1-32-23(31)22(17-4-2-3-5-18(17)24)27-10-7-19(33)16(14-27)6-9-25-12-13-26(20(28)15-25)11-8-21(29)30/h2-6,19,22,33H,7-15H2,1H3,(H,29,30). The number of methoxy groups -OCH3 is 1. The van der Waals surface area contributed by atoms with Crippen molar-refractivity contribution in [3.63, 3.8) is 0 Å². The minimum atomic E-state index is -0.919. The predicted molar refractivity (Wildman–Crippen MR) is 123 cm³/mol. The predicted octanol–water partition coefficient (Wildman–Crippen LogP) is 1.59. The molecule has 2 fully saturated rings. The average Bonchev–Trinajstić information content (AvgIpc) is 2.79. The fraction of sp³-hybridized carbons (Fsp3) is 0.522. The summed E-state index contributed by atoms with van der Waals surface area (Å²) < 4.78 is 19.5. The summed E-state index contributed by atoms with van der Waals surface area (Å²) in [7, 11) is 1.30. The quantitative estimate of drug-likeness (QED) is 0.333. The van der Waals surface area contributed by atoms with E-state index in [0.717, 1.165) is 5.57 Å². The highest BCUT2D eigenvalue weighted by Crippen LogP contribution is 2.31. The van der Waals surface area contributed by atoms with E-state index in [2.05, 4.69) is 12.6 Å². The molecule has 0 saturated carbocycles. The number of carboxylic acids is 1. The number of carbonyl (C=O) groups excluding carboxylic acids is 2. The SMILES string of the molecule is COC(=O)C(c1ccccc1F)N1CCC(S)C(=CCN2CCN(CCC(=O)O)C(=O)C2)C1. The zero-order chi connectivity index (χ0) is 24.0. The van der Waals surface area contributed by atoms with Crippen molar-refractivity contribution in [3.05, 3.63) is 47.3 Å². The maximum absolute atomic E-state index is 14.5. The maximum Gasteiger partial charge on any atom is 0.327 e. The Balaban J connectivity index is 1.66. The normalized spacial score (nSPS) is 22.4. The Labute approximate surface area is 198 Å². The van der Waals surface area contributed by atoms with Gasteiger partial charge >= 0.3 is 11.9 Å². The number of benzene rings is 1. The minimum absolute atomic E-state index is 0.00715. The van der Waals surface area contributed by atoms with Crippen LogP contribution < -0.4 is 0 Å². The van der Waals surface area contributed by atoms with E-state index in [1.807, 2.05) is 15.9 Å². The van der Waals surface area contributed by atoms with Crippen molar-refractivity contribution < 1.29 is 28.6 Å². The van der Waals surface area contributed by atoms with Gasteiger partial charge in [0, 0.05) is 50.1 Å². The van der Waals surface area contributed by atoms with Gasteiger partial charge in [0.1, 0.15) is 11.9 Å². The summed E-state index contributed by atoms with van der Waals surface area (Å²) >= 11 is 4.69. The molecule has 1 amide bonds. The van der Waals surface area contributed by atoms with Crippen molar-refractivity contribution in [2.45, 2.75) is 24.1 Å². The molecule has 0 bridgehead atoms. The van der Waals surface area contributed by atoms with Crippen LogP contribution in [0.1, 0.15) is 24.4 Å². The summed E-state index contributed by atoms with van der Waals surface area (Å²) in [6.45, 7) is 3.14. The summed E-state index contributed by atoms with van der Waals surface area (Å²) in [6.07, 6.45) is 2.66. The second-order valence-corrected chi connectivity index (χ2v) is 8.88. The van der Waals surface area contributed by atoms with Gasteiger partial charge in [-0.3, -0.25) is 19.4 Å². The van der Waals surface area contributed by atoms with E-state index in [4.69, 9.17) is 9.84 Å². The van der Waals surface area contributed by atoms with E-state index in [1.54, 1.807) is 23.1 Å². The van der Waals surface area contributed by atoms with E-state index in [1.165, 1.54) is 13.2 Å². The van der Waals surface area contributed by atoms with Gasteiger partial charge in [0.15, 0.2) is 0 Å². The van der Waals surface area contributed by atoms with Crippen LogP contribution in [0.15, 0.2) is 35.9 Å². The number of ether oxygens (including phenoxy) is 1. The van der Waals surface area contributed by atoms with E-state index in [-0.39, 0.29) is 36.2 Å². The number of hydrogen-bond acceptors (Lipinski definition) is 7. The molecular weight excluding hydrogens is 449 g/mol. The topological polar surface area (TPSA) is 90.4 Å². The highest BCUT2D eigenvalue weighted by atomic mass is 32.1. The Bertz CT molecular complexity index is 912. The Morgan fingerprint density at radius 1 is 1.27 bits per heavy atom. The monoisotopic (exact) mass is 479 g/mol. The van der Waals surface area contributed by atoms with Gasteiger partial charge in [0.05, 0.1) is 20.1 Å². The third-order valence-electron chi connectivity index (χ3n) is 6.10. The molecule has 10 heteroatoms. The van der Waals surface area contributed by atoms with E-state index >= 15 is 0 Å². The molecule has 2 aliphatic heterocycles. The fourth-order valence-electron chi connectivity index (χ4n) is 4.22. The van der Waals surface area contributed by atoms with Gasteiger partial charge in [-0.1, -0.05) is 24.3 Å². The second kappa shape index (κ2) is 11.6. The molecule has 33 heavy (non-hydrogen) atoms. The first-order valence-electron chi connectivity index (χ1n) is 11.0. The van der Waals surface area contributed by atoms with Gasteiger partial charge in [-0.2, -0.15) is 12.6 Å². The number of thiol groups is 1. The van der Waals surface area contributed by atoms with Crippen LogP contribution in [-0.2, 0) is 19.1 Å². The van der Waals surface area contributed by atoms with Crippen LogP contribution in [-0.4, -0.2) is 95.8 Å². The Kier molecular flexibility index (Phi) is 8.87. The summed E-state index contributed by atoms with van der Waals surface area (Å²) in [5.74, 6) is -1.97. The highest BCUT2D eigenvalue weighted by molar-refractivity contribution is 7.81. The van der Waals surface area contributed by atoms with Gasteiger partial charge in [0.25, 0.3) is 0 Å². The van der Waals surface area contributed by atoms with Gasteiger partial charge in [-0.15, -0.1) is 0 Å². The maximum atomic E-state index is 14.5. The van der Waals surface area contributed by atoms with Gasteiger partial charge in [0.2, 0.25) is 5.91 Å². The Morgan fingerprint density at radius 3 is 2.70 bits per heavy atom. The molecule has 2 atom stereocenters. The largest absolute Gasteiger partial charge is 0.481 e. The number of rotatable bonds is 8. The zero-order valence-corrected chi connectivity index (χ0v) is 19.5. The number of carboxylic acid groups (broad SMARTS) is 1. The number of amides is 1. The van der Waals surface area contributed by atoms with E-state index < -0.39 is 23.8 Å². The molecule has 2 aliphatic rings. The number of hydrogen-bond donors (Lipinski definition) is 2. The summed E-state index contributed by atoms with van der Waals surface area (Å²) in [6, 6.07) is 5.37. The second-order valence-electron chi connectivity index (χ2n) is 8.26. The highest BCUT2D eigenvalue weighted by Gasteiger charge is 2.34. The number of piperidine rings is 1. The zero-order valence-electron chi connectivity index (χ0n) is 18.7. The number of nitrogens with zero attached hydrogens (tertiary/aromatic N) is 3. The molecule has 2 heterocycles. The lowest BCUT2D eigenvalue weighted by Gasteiger charge is -2.37. The molecule has 180 valence electrons. The van der Waals surface area contributed by atoms with Crippen molar-refractivity contribution in [1.82, 2.24) is 14.7 Å². The smallest absolute Gasteiger partial charge is 0.327 e. The number of likely N-dealkylation sites (tertiary alicyclic amines) is 1. The van der Waals surface area contributed by atoms with E-state index in [9.17, 15) is 18.8 Å². The van der Waals surface area contributed by atoms with Crippen molar-refractivity contribution >= 4 is 30.5 Å². The number of piperazine rings is 1. The molecule has 2 unspecified atom stereocenters. The molecule has 1 aromatic rings. The first-order valence-corrected chi connectivity index (χ1v) is 11.5. The van der Waals surface area contributed by atoms with Crippen LogP contribution in [0.5, 0.6) is 0 Å². The van der Waals surface area contributed by atoms with Crippen LogP contribution in [0.25, 0.3) is 0 Å². The lowest BCUT2D eigenvalue weighted by Crippen LogP contribution is -2.50. The molecular formula is C23H30FN3O5S. The third-order valence-corrected chi connectivity index (χ3v) is 6.69. The molecule has 0 spiro atoms. The molecule has 2 saturated heterocycles. The van der Waals surface area contributed by atoms with Gasteiger partial charge in [-0.05, 0) is 18.1 Å². The summed E-state index contributed by atoms with van der Waals surface area (Å²) in [5.41, 5.74) is 1.29. The van der Waals surface area contributed by atoms with Gasteiger partial charge < -0.3 is 14.7 Å². The molecule has 8 nitrogen and oxygen atoms in total.